The number of aliphatic hydroxyl groups excluding tert-OH is 1. The molecule has 12 nitrogen and oxygen atoms in total. The predicted molar refractivity (Wildman–Crippen MR) is 160 cm³/mol. The monoisotopic (exact) mass is 631 g/mol. The highest BCUT2D eigenvalue weighted by atomic mass is 19.4. The van der Waals surface area contributed by atoms with E-state index in [9.17, 15) is 27.9 Å². The van der Waals surface area contributed by atoms with Crippen LogP contribution in [0.5, 0.6) is 5.75 Å². The lowest BCUT2D eigenvalue weighted by atomic mass is 10.1. The van der Waals surface area contributed by atoms with E-state index in [1.54, 1.807) is 49.6 Å². The van der Waals surface area contributed by atoms with Crippen LogP contribution < -0.4 is 15.0 Å². The maximum atomic E-state index is 13.4. The van der Waals surface area contributed by atoms with Gasteiger partial charge in [0.25, 0.3) is 5.91 Å². The number of anilines is 3. The number of piperazine rings is 1. The number of benzene rings is 1. The van der Waals surface area contributed by atoms with Crippen molar-refractivity contribution in [3.05, 3.63) is 47.8 Å². The number of halogens is 3. The molecule has 2 amide bonds. The van der Waals surface area contributed by atoms with E-state index in [0.717, 1.165) is 18.0 Å². The van der Waals surface area contributed by atoms with E-state index in [0.29, 0.717) is 42.3 Å². The Kier molecular flexibility index (Phi) is 8.94. The summed E-state index contributed by atoms with van der Waals surface area (Å²) in [7, 11) is 2.01. The fourth-order valence-corrected chi connectivity index (χ4v) is 5.34. The van der Waals surface area contributed by atoms with Gasteiger partial charge in [0.05, 0.1) is 29.2 Å². The maximum absolute atomic E-state index is 13.4. The molecule has 1 saturated heterocycles. The number of aromatic nitrogens is 3. The lowest BCUT2D eigenvalue weighted by molar-refractivity contribution is -0.274. The summed E-state index contributed by atoms with van der Waals surface area (Å²) in [4.78, 5) is 40.1. The topological polar surface area (TPSA) is 125 Å². The van der Waals surface area contributed by atoms with Crippen LogP contribution in [0.3, 0.4) is 0 Å². The average Bonchev–Trinajstić information content (AvgIpc) is 3.32. The van der Waals surface area contributed by atoms with Crippen LogP contribution in [-0.4, -0.2) is 99.8 Å². The summed E-state index contributed by atoms with van der Waals surface area (Å²) in [6, 6.07) is 7.58. The van der Waals surface area contributed by atoms with Crippen LogP contribution in [0.25, 0.3) is 11.4 Å². The molecule has 15 heteroatoms. The molecule has 0 spiro atoms. The van der Waals surface area contributed by atoms with Crippen LogP contribution in [-0.2, 0) is 17.7 Å². The van der Waals surface area contributed by atoms with Gasteiger partial charge >= 0.3 is 12.5 Å². The van der Waals surface area contributed by atoms with Gasteiger partial charge in [0, 0.05) is 63.3 Å². The molecule has 45 heavy (non-hydrogen) atoms. The first-order valence-corrected chi connectivity index (χ1v) is 14.5. The standard InChI is InChI=1S/C30H36F3N7O5/c1-29(2,3)45-28(43)40-10-8-23-20(26(40)42)18-24(39(23)15-16-41)21-7-9-34-27(35-21)36-22-17-19(38-13-11-37(4)12-14-38)5-6-25(22)44-30(31,32)33/h5-7,9,17-18,41H,8,10-16H2,1-4H3,(H,34,35,36). The number of imide groups is 1. The van der Waals surface area contributed by atoms with Gasteiger partial charge in [-0.1, -0.05) is 0 Å². The zero-order chi connectivity index (χ0) is 32.5. The van der Waals surface area contributed by atoms with Crippen LogP contribution in [0.1, 0.15) is 36.8 Å². The number of nitrogens with one attached hydrogen (secondary N) is 1. The SMILES string of the molecule is CN1CCN(c2ccc(OC(F)(F)F)c(Nc3nccc(-c4cc5c(n4CCO)CCN(C(=O)OC(C)(C)C)C5=O)n3)c2)CC1. The van der Waals surface area contributed by atoms with E-state index in [2.05, 4.69) is 29.8 Å². The summed E-state index contributed by atoms with van der Waals surface area (Å²) < 4.78 is 51.3. The fourth-order valence-electron chi connectivity index (χ4n) is 5.34. The second-order valence-electron chi connectivity index (χ2n) is 11.9. The molecule has 1 aromatic carbocycles. The number of carbonyl (C=O) groups is 2. The summed E-state index contributed by atoms with van der Waals surface area (Å²) in [6.07, 6.45) is -3.91. The van der Waals surface area contributed by atoms with Crippen molar-refractivity contribution in [1.29, 1.82) is 0 Å². The van der Waals surface area contributed by atoms with Crippen molar-refractivity contribution >= 4 is 29.3 Å². The van der Waals surface area contributed by atoms with Crippen LogP contribution in [0.4, 0.5) is 35.3 Å². The van der Waals surface area contributed by atoms with Gasteiger partial charge < -0.3 is 34.3 Å². The van der Waals surface area contributed by atoms with E-state index < -0.39 is 29.7 Å². The molecule has 0 radical (unpaired) electrons. The van der Waals surface area contributed by atoms with E-state index >= 15 is 0 Å². The number of likely N-dealkylation sites (N-methyl/N-ethyl adjacent to an activating group) is 1. The molecule has 0 saturated carbocycles. The number of hydrogen-bond acceptors (Lipinski definition) is 10. The lowest BCUT2D eigenvalue weighted by Gasteiger charge is -2.34. The number of aliphatic hydroxyl groups is 1. The van der Waals surface area contributed by atoms with Crippen LogP contribution in [0.15, 0.2) is 36.5 Å². The number of nitrogens with zero attached hydrogens (tertiary/aromatic N) is 6. The second kappa shape index (κ2) is 12.6. The smallest absolute Gasteiger partial charge is 0.443 e. The molecular weight excluding hydrogens is 595 g/mol. The Labute approximate surface area is 258 Å². The van der Waals surface area contributed by atoms with Gasteiger partial charge in [0.15, 0.2) is 5.75 Å². The summed E-state index contributed by atoms with van der Waals surface area (Å²) in [5.74, 6) is -0.988. The Morgan fingerprint density at radius 2 is 1.80 bits per heavy atom. The molecule has 5 rings (SSSR count). The Morgan fingerprint density at radius 3 is 2.47 bits per heavy atom. The van der Waals surface area contributed by atoms with Crippen molar-refractivity contribution in [1.82, 2.24) is 24.3 Å². The van der Waals surface area contributed by atoms with Gasteiger partial charge in [-0.3, -0.25) is 4.79 Å². The number of alkyl halides is 3. The summed E-state index contributed by atoms with van der Waals surface area (Å²) in [6.45, 7) is 8.17. The molecule has 0 unspecified atom stereocenters. The molecule has 2 aromatic heterocycles. The minimum absolute atomic E-state index is 0.00789. The average molecular weight is 632 g/mol. The number of carbonyl (C=O) groups excluding carboxylic acids is 2. The predicted octanol–water partition coefficient (Wildman–Crippen LogP) is 4.26. The zero-order valence-electron chi connectivity index (χ0n) is 25.5. The first kappa shape index (κ1) is 32.0. The van der Waals surface area contributed by atoms with E-state index in [4.69, 9.17) is 4.74 Å². The first-order chi connectivity index (χ1) is 21.2. The molecule has 242 valence electrons. The Morgan fingerprint density at radius 1 is 1.07 bits per heavy atom. The van der Waals surface area contributed by atoms with Crippen molar-refractivity contribution in [2.24, 2.45) is 0 Å². The number of amides is 2. The number of rotatable bonds is 7. The Bertz CT molecular complexity index is 1560. The molecule has 0 bridgehead atoms. The van der Waals surface area contributed by atoms with E-state index in [1.807, 2.05) is 7.05 Å². The Hall–Kier alpha value is -4.37. The molecule has 2 aliphatic rings. The number of fused-ring (bicyclic) bond motifs is 1. The van der Waals surface area contributed by atoms with Crippen molar-refractivity contribution in [3.8, 4) is 17.1 Å². The third-order valence-corrected chi connectivity index (χ3v) is 7.42. The minimum Gasteiger partial charge on any atom is -0.443 e. The van der Waals surface area contributed by atoms with Gasteiger partial charge in [0.1, 0.15) is 5.60 Å². The molecule has 1 fully saturated rings. The molecule has 3 aromatic rings. The van der Waals surface area contributed by atoms with Gasteiger partial charge in [0.2, 0.25) is 5.95 Å². The molecule has 0 atom stereocenters. The highest BCUT2D eigenvalue weighted by Crippen LogP contribution is 2.36. The second-order valence-corrected chi connectivity index (χ2v) is 11.9. The quantitative estimate of drug-likeness (QED) is 0.391. The van der Waals surface area contributed by atoms with Gasteiger partial charge in [-0.25, -0.2) is 19.7 Å². The summed E-state index contributed by atoms with van der Waals surface area (Å²) in [5.41, 5.74) is 1.66. The molecule has 2 aliphatic heterocycles. The minimum atomic E-state index is -4.92. The fraction of sp³-hybridized carbons (Fsp3) is 0.467. The summed E-state index contributed by atoms with van der Waals surface area (Å²) >= 11 is 0. The van der Waals surface area contributed by atoms with Gasteiger partial charge in [-0.2, -0.15) is 0 Å². The third-order valence-electron chi connectivity index (χ3n) is 7.42. The first-order valence-electron chi connectivity index (χ1n) is 14.5. The van der Waals surface area contributed by atoms with E-state index in [1.165, 1.54) is 12.3 Å². The highest BCUT2D eigenvalue weighted by molar-refractivity contribution is 6.05. The number of hydrogen-bond donors (Lipinski definition) is 2. The Balaban J connectivity index is 1.47. The number of ether oxygens (including phenoxy) is 2. The van der Waals surface area contributed by atoms with Gasteiger partial charge in [-0.15, -0.1) is 13.2 Å². The van der Waals surface area contributed by atoms with E-state index in [-0.39, 0.29) is 36.9 Å². The molecule has 0 aliphatic carbocycles. The lowest BCUT2D eigenvalue weighted by Crippen LogP contribution is -2.44. The largest absolute Gasteiger partial charge is 0.573 e. The molecule has 4 heterocycles. The van der Waals surface area contributed by atoms with Crippen LogP contribution in [0, 0.1) is 0 Å². The normalized spacial score (nSPS) is 16.0. The molecule has 2 N–H and O–H groups in total. The van der Waals surface area contributed by atoms with Gasteiger partial charge in [-0.05, 0) is 58.2 Å². The van der Waals surface area contributed by atoms with Crippen molar-refractivity contribution < 1.29 is 37.3 Å². The highest BCUT2D eigenvalue weighted by Gasteiger charge is 2.36. The zero-order valence-corrected chi connectivity index (χ0v) is 25.5. The maximum Gasteiger partial charge on any atom is 0.573 e. The summed E-state index contributed by atoms with van der Waals surface area (Å²) in [5, 5.41) is 12.7. The van der Waals surface area contributed by atoms with Crippen LogP contribution in [0.2, 0.25) is 0 Å². The van der Waals surface area contributed by atoms with Crippen molar-refractivity contribution in [2.75, 3.05) is 56.6 Å². The molecular formula is C30H36F3N7O5. The van der Waals surface area contributed by atoms with Crippen molar-refractivity contribution in [2.45, 2.75) is 45.7 Å². The van der Waals surface area contributed by atoms with Crippen LogP contribution >= 0.6 is 0 Å². The van der Waals surface area contributed by atoms with Crippen molar-refractivity contribution in [3.63, 3.8) is 0 Å². The third kappa shape index (κ3) is 7.48.